The molecule has 1 aromatic carbocycles. The molecule has 1 N–H and O–H groups in total. The molecule has 0 radical (unpaired) electrons. The van der Waals surface area contributed by atoms with Crippen LogP contribution in [0, 0.1) is 5.82 Å². The minimum atomic E-state index is -0.252. The highest BCUT2D eigenvalue weighted by Crippen LogP contribution is 2.36. The third-order valence-electron chi connectivity index (χ3n) is 4.05. The van der Waals surface area contributed by atoms with E-state index in [9.17, 15) is 4.39 Å². The Labute approximate surface area is 137 Å². The molecule has 4 rings (SSSR count). The number of aromatic nitrogens is 2. The van der Waals surface area contributed by atoms with E-state index >= 15 is 0 Å². The van der Waals surface area contributed by atoms with E-state index in [0.29, 0.717) is 6.61 Å². The molecule has 118 valence electrons. The first-order valence-corrected chi connectivity index (χ1v) is 8.48. The molecule has 0 saturated heterocycles. The van der Waals surface area contributed by atoms with Crippen molar-refractivity contribution in [1.29, 1.82) is 0 Å². The fourth-order valence-electron chi connectivity index (χ4n) is 2.87. The van der Waals surface area contributed by atoms with E-state index in [0.717, 1.165) is 40.2 Å². The highest BCUT2D eigenvalue weighted by molar-refractivity contribution is 7.18. The van der Waals surface area contributed by atoms with Gasteiger partial charge in [-0.3, -0.25) is 0 Å². The van der Waals surface area contributed by atoms with Crippen LogP contribution in [0.1, 0.15) is 29.8 Å². The van der Waals surface area contributed by atoms with Crippen molar-refractivity contribution in [3.63, 3.8) is 0 Å². The Bertz CT molecular complexity index is 864. The number of anilines is 1. The normalized spacial score (nSPS) is 16.9. The SMILES string of the molecule is CCc1cc2c(NC3CCOc4ccc(F)cc43)ncnc2s1. The molecule has 0 spiro atoms. The number of fused-ring (bicyclic) bond motifs is 2. The zero-order chi connectivity index (χ0) is 15.8. The fourth-order valence-corrected chi connectivity index (χ4v) is 3.81. The van der Waals surface area contributed by atoms with E-state index in [1.807, 2.05) is 0 Å². The van der Waals surface area contributed by atoms with Crippen LogP contribution in [-0.2, 0) is 6.42 Å². The minimum absolute atomic E-state index is 0.0162. The lowest BCUT2D eigenvalue weighted by Gasteiger charge is -2.27. The van der Waals surface area contributed by atoms with Gasteiger partial charge in [-0.2, -0.15) is 0 Å². The Kier molecular flexibility index (Phi) is 3.61. The van der Waals surface area contributed by atoms with E-state index < -0.39 is 0 Å². The summed E-state index contributed by atoms with van der Waals surface area (Å²) in [6.07, 6.45) is 3.32. The first kappa shape index (κ1) is 14.4. The number of halogens is 1. The Morgan fingerprint density at radius 1 is 1.35 bits per heavy atom. The van der Waals surface area contributed by atoms with Crippen LogP contribution in [0.25, 0.3) is 10.2 Å². The molecule has 0 amide bonds. The quantitative estimate of drug-likeness (QED) is 0.777. The van der Waals surface area contributed by atoms with Gasteiger partial charge in [0.05, 0.1) is 18.0 Å². The van der Waals surface area contributed by atoms with Gasteiger partial charge in [-0.25, -0.2) is 14.4 Å². The van der Waals surface area contributed by atoms with E-state index in [1.165, 1.54) is 17.0 Å². The second-order valence-electron chi connectivity index (χ2n) is 5.52. The molecule has 23 heavy (non-hydrogen) atoms. The minimum Gasteiger partial charge on any atom is -0.493 e. The maximum Gasteiger partial charge on any atom is 0.138 e. The van der Waals surface area contributed by atoms with Crippen LogP contribution in [0.5, 0.6) is 5.75 Å². The first-order valence-electron chi connectivity index (χ1n) is 7.67. The zero-order valence-corrected chi connectivity index (χ0v) is 13.5. The van der Waals surface area contributed by atoms with Gasteiger partial charge in [0.25, 0.3) is 0 Å². The summed E-state index contributed by atoms with van der Waals surface area (Å²) in [5.41, 5.74) is 0.842. The van der Waals surface area contributed by atoms with Crippen LogP contribution in [-0.4, -0.2) is 16.6 Å². The van der Waals surface area contributed by atoms with Gasteiger partial charge in [0.15, 0.2) is 0 Å². The van der Waals surface area contributed by atoms with Gasteiger partial charge in [0.1, 0.15) is 28.5 Å². The number of ether oxygens (including phenoxy) is 1. The molecule has 6 heteroatoms. The van der Waals surface area contributed by atoms with Crippen molar-refractivity contribution in [2.24, 2.45) is 0 Å². The highest BCUT2D eigenvalue weighted by Gasteiger charge is 2.23. The topological polar surface area (TPSA) is 47.0 Å². The molecule has 0 fully saturated rings. The van der Waals surface area contributed by atoms with Crippen LogP contribution in [0.4, 0.5) is 10.2 Å². The smallest absolute Gasteiger partial charge is 0.138 e. The Morgan fingerprint density at radius 2 is 2.26 bits per heavy atom. The van der Waals surface area contributed by atoms with Gasteiger partial charge >= 0.3 is 0 Å². The lowest BCUT2D eigenvalue weighted by Crippen LogP contribution is -2.21. The number of thiophene rings is 1. The van der Waals surface area contributed by atoms with Gasteiger partial charge in [-0.1, -0.05) is 6.92 Å². The Hall–Kier alpha value is -2.21. The maximum absolute atomic E-state index is 13.6. The van der Waals surface area contributed by atoms with E-state index in [4.69, 9.17) is 4.74 Å². The van der Waals surface area contributed by atoms with Crippen molar-refractivity contribution in [1.82, 2.24) is 9.97 Å². The van der Waals surface area contributed by atoms with Crippen molar-refractivity contribution in [3.05, 3.63) is 46.9 Å². The Morgan fingerprint density at radius 3 is 3.13 bits per heavy atom. The molecular formula is C17H16FN3OS. The molecule has 0 bridgehead atoms. The largest absolute Gasteiger partial charge is 0.493 e. The predicted octanol–water partition coefficient (Wildman–Crippen LogP) is 4.33. The first-order chi connectivity index (χ1) is 11.2. The zero-order valence-electron chi connectivity index (χ0n) is 12.7. The number of nitrogens with one attached hydrogen (secondary N) is 1. The summed E-state index contributed by atoms with van der Waals surface area (Å²) in [6, 6.07) is 6.77. The molecule has 1 aliphatic rings. The van der Waals surface area contributed by atoms with Crippen molar-refractivity contribution in [2.75, 3.05) is 11.9 Å². The summed E-state index contributed by atoms with van der Waals surface area (Å²) < 4.78 is 19.2. The molecule has 1 aliphatic heterocycles. The molecule has 3 aromatic rings. The molecular weight excluding hydrogens is 313 g/mol. The van der Waals surface area contributed by atoms with E-state index in [2.05, 4.69) is 28.3 Å². The van der Waals surface area contributed by atoms with E-state index in [1.54, 1.807) is 23.7 Å². The van der Waals surface area contributed by atoms with Gasteiger partial charge in [0.2, 0.25) is 0 Å². The molecule has 0 saturated carbocycles. The molecule has 3 heterocycles. The molecule has 4 nitrogen and oxygen atoms in total. The molecule has 1 atom stereocenters. The maximum atomic E-state index is 13.6. The average molecular weight is 329 g/mol. The van der Waals surface area contributed by atoms with Gasteiger partial charge < -0.3 is 10.1 Å². The third-order valence-corrected chi connectivity index (χ3v) is 5.24. The molecule has 1 unspecified atom stereocenters. The monoisotopic (exact) mass is 329 g/mol. The number of aryl methyl sites for hydroxylation is 1. The second-order valence-corrected chi connectivity index (χ2v) is 6.64. The summed E-state index contributed by atoms with van der Waals surface area (Å²) in [6.45, 7) is 2.73. The number of rotatable bonds is 3. The lowest BCUT2D eigenvalue weighted by molar-refractivity contribution is 0.273. The van der Waals surface area contributed by atoms with E-state index in [-0.39, 0.29) is 11.9 Å². The summed E-state index contributed by atoms with van der Waals surface area (Å²) in [4.78, 5) is 11.0. The van der Waals surface area contributed by atoms with Gasteiger partial charge in [-0.15, -0.1) is 11.3 Å². The van der Waals surface area contributed by atoms with Crippen molar-refractivity contribution >= 4 is 27.4 Å². The number of nitrogens with zero attached hydrogens (tertiary/aromatic N) is 2. The van der Waals surface area contributed by atoms with Crippen LogP contribution >= 0.6 is 11.3 Å². The third kappa shape index (κ3) is 2.63. The standard InChI is InChI=1S/C17H16FN3OS/c1-2-11-8-13-16(19-9-20-17(13)23-11)21-14-5-6-22-15-4-3-10(18)7-12(14)15/h3-4,7-9,14H,2,5-6H2,1H3,(H,19,20,21). The lowest BCUT2D eigenvalue weighted by atomic mass is 10.0. The summed E-state index contributed by atoms with van der Waals surface area (Å²) in [5.74, 6) is 1.28. The summed E-state index contributed by atoms with van der Waals surface area (Å²) in [5, 5.41) is 4.48. The van der Waals surface area contributed by atoms with Crippen molar-refractivity contribution in [3.8, 4) is 5.75 Å². The van der Waals surface area contributed by atoms with Crippen LogP contribution in [0.15, 0.2) is 30.6 Å². The van der Waals surface area contributed by atoms with Gasteiger partial charge in [0, 0.05) is 16.9 Å². The highest BCUT2D eigenvalue weighted by atomic mass is 32.1. The van der Waals surface area contributed by atoms with Crippen LogP contribution < -0.4 is 10.1 Å². The summed E-state index contributed by atoms with van der Waals surface area (Å²) in [7, 11) is 0. The van der Waals surface area contributed by atoms with Crippen molar-refractivity contribution in [2.45, 2.75) is 25.8 Å². The predicted molar refractivity (Wildman–Crippen MR) is 89.7 cm³/mol. The second kappa shape index (κ2) is 5.77. The van der Waals surface area contributed by atoms with Crippen LogP contribution in [0.3, 0.4) is 0 Å². The fraction of sp³-hybridized carbons (Fsp3) is 0.294. The summed E-state index contributed by atoms with van der Waals surface area (Å²) >= 11 is 1.69. The number of hydrogen-bond acceptors (Lipinski definition) is 5. The molecule has 2 aromatic heterocycles. The van der Waals surface area contributed by atoms with Crippen molar-refractivity contribution < 1.29 is 9.13 Å². The number of benzene rings is 1. The Balaban J connectivity index is 1.72. The molecule has 0 aliphatic carbocycles. The van der Waals surface area contributed by atoms with Gasteiger partial charge in [-0.05, 0) is 30.7 Å². The van der Waals surface area contributed by atoms with Crippen LogP contribution in [0.2, 0.25) is 0 Å². The number of hydrogen-bond donors (Lipinski definition) is 1. The average Bonchev–Trinajstić information content (AvgIpc) is 3.00.